The molecule has 0 saturated heterocycles. The Labute approximate surface area is 123 Å². The molecule has 0 spiro atoms. The predicted octanol–water partition coefficient (Wildman–Crippen LogP) is 0.723. The second-order valence-corrected chi connectivity index (χ2v) is 4.36. The van der Waals surface area contributed by atoms with Crippen LogP contribution in [0.1, 0.15) is 17.0 Å². The van der Waals surface area contributed by atoms with E-state index in [2.05, 4.69) is 14.5 Å². The number of carbonyl (C=O) groups is 2. The van der Waals surface area contributed by atoms with Crippen LogP contribution in [0.4, 0.5) is 5.69 Å². The topological polar surface area (TPSA) is 92.5 Å². The summed E-state index contributed by atoms with van der Waals surface area (Å²) in [5.41, 5.74) is 1.99. The molecule has 7 nitrogen and oxygen atoms in total. The Balaban J connectivity index is 3.27. The minimum absolute atomic E-state index is 0.164. The molecule has 1 rings (SSSR count). The summed E-state index contributed by atoms with van der Waals surface area (Å²) in [7, 11) is 2.51. The third-order valence-corrected chi connectivity index (χ3v) is 2.86. The maximum atomic E-state index is 11.5. The van der Waals surface area contributed by atoms with E-state index in [-0.39, 0.29) is 13.1 Å². The van der Waals surface area contributed by atoms with Gasteiger partial charge < -0.3 is 14.4 Å². The van der Waals surface area contributed by atoms with Crippen molar-refractivity contribution in [2.45, 2.75) is 13.8 Å². The van der Waals surface area contributed by atoms with Crippen LogP contribution in [0.25, 0.3) is 0 Å². The molecule has 0 aromatic carbocycles. The number of hydrogen-bond acceptors (Lipinski definition) is 7. The Morgan fingerprint density at radius 3 is 2.19 bits per heavy atom. The summed E-state index contributed by atoms with van der Waals surface area (Å²) in [6.07, 6.45) is 0. The fourth-order valence-electron chi connectivity index (χ4n) is 1.86. The molecular formula is C14H17N3O4. The van der Waals surface area contributed by atoms with Crippen LogP contribution in [0, 0.1) is 25.2 Å². The third kappa shape index (κ3) is 4.18. The molecule has 0 aliphatic rings. The highest BCUT2D eigenvalue weighted by molar-refractivity contribution is 5.82. The number of pyridine rings is 1. The zero-order valence-electron chi connectivity index (χ0n) is 12.5. The van der Waals surface area contributed by atoms with Gasteiger partial charge in [0, 0.05) is 5.69 Å². The highest BCUT2D eigenvalue weighted by Crippen LogP contribution is 2.23. The number of nitriles is 1. The van der Waals surface area contributed by atoms with Gasteiger partial charge in [-0.05, 0) is 19.9 Å². The number of rotatable bonds is 5. The lowest BCUT2D eigenvalue weighted by atomic mass is 10.1. The molecule has 0 aliphatic heterocycles. The second-order valence-electron chi connectivity index (χ2n) is 4.36. The Kier molecular flexibility index (Phi) is 5.67. The van der Waals surface area contributed by atoms with Crippen LogP contribution in [-0.2, 0) is 19.1 Å². The summed E-state index contributed by atoms with van der Waals surface area (Å²) in [5, 5.41) is 9.27. The van der Waals surface area contributed by atoms with Gasteiger partial charge in [0.05, 0.1) is 31.2 Å². The first-order chi connectivity index (χ1) is 9.92. The molecule has 0 bridgehead atoms. The van der Waals surface area contributed by atoms with Gasteiger partial charge >= 0.3 is 11.9 Å². The van der Waals surface area contributed by atoms with Crippen molar-refractivity contribution in [2.24, 2.45) is 0 Å². The van der Waals surface area contributed by atoms with Crippen LogP contribution in [0.2, 0.25) is 0 Å². The van der Waals surface area contributed by atoms with E-state index in [9.17, 15) is 14.9 Å². The number of nitrogens with zero attached hydrogens (tertiary/aromatic N) is 3. The summed E-state index contributed by atoms with van der Waals surface area (Å²) in [4.78, 5) is 28.7. The van der Waals surface area contributed by atoms with Crippen molar-refractivity contribution in [3.63, 3.8) is 0 Å². The van der Waals surface area contributed by atoms with E-state index >= 15 is 0 Å². The SMILES string of the molecule is COC(=O)CN(CC(=O)OC)c1cc(C)nc(C)c1C#N. The van der Waals surface area contributed by atoms with Crippen LogP contribution in [0.5, 0.6) is 0 Å². The molecule has 0 saturated carbocycles. The van der Waals surface area contributed by atoms with Gasteiger partial charge in [0.1, 0.15) is 19.2 Å². The molecule has 1 aromatic rings. The zero-order chi connectivity index (χ0) is 16.0. The number of aromatic nitrogens is 1. The number of anilines is 1. The quantitative estimate of drug-likeness (QED) is 0.738. The van der Waals surface area contributed by atoms with Crippen LogP contribution < -0.4 is 4.90 Å². The van der Waals surface area contributed by atoms with E-state index in [0.29, 0.717) is 22.6 Å². The molecule has 0 aliphatic carbocycles. The molecule has 1 heterocycles. The zero-order valence-corrected chi connectivity index (χ0v) is 12.5. The van der Waals surface area contributed by atoms with Crippen LogP contribution in [0.15, 0.2) is 6.07 Å². The van der Waals surface area contributed by atoms with Gasteiger partial charge in [0.25, 0.3) is 0 Å². The first-order valence-electron chi connectivity index (χ1n) is 6.19. The van der Waals surface area contributed by atoms with E-state index in [1.165, 1.54) is 19.1 Å². The van der Waals surface area contributed by atoms with E-state index in [4.69, 9.17) is 0 Å². The molecule has 21 heavy (non-hydrogen) atoms. The van der Waals surface area contributed by atoms with Gasteiger partial charge in [-0.2, -0.15) is 5.26 Å². The Morgan fingerprint density at radius 1 is 1.24 bits per heavy atom. The Hall–Kier alpha value is -2.62. The van der Waals surface area contributed by atoms with Gasteiger partial charge in [0.2, 0.25) is 0 Å². The van der Waals surface area contributed by atoms with E-state index in [0.717, 1.165) is 0 Å². The molecule has 0 N–H and O–H groups in total. The summed E-state index contributed by atoms with van der Waals surface area (Å²) in [6.45, 7) is 3.14. The summed E-state index contributed by atoms with van der Waals surface area (Å²) in [5.74, 6) is -1.04. The maximum absolute atomic E-state index is 11.5. The molecular weight excluding hydrogens is 274 g/mol. The molecule has 0 amide bonds. The number of esters is 2. The maximum Gasteiger partial charge on any atom is 0.325 e. The average molecular weight is 291 g/mol. The van der Waals surface area contributed by atoms with Crippen LogP contribution >= 0.6 is 0 Å². The van der Waals surface area contributed by atoms with Gasteiger partial charge in [-0.3, -0.25) is 14.6 Å². The molecule has 0 radical (unpaired) electrons. The van der Waals surface area contributed by atoms with Crippen LogP contribution in [0.3, 0.4) is 0 Å². The molecule has 112 valence electrons. The fraction of sp³-hybridized carbons (Fsp3) is 0.429. The first-order valence-corrected chi connectivity index (χ1v) is 6.19. The molecule has 0 unspecified atom stereocenters. The minimum Gasteiger partial charge on any atom is -0.468 e. The van der Waals surface area contributed by atoms with E-state index in [1.807, 2.05) is 6.07 Å². The van der Waals surface area contributed by atoms with Crippen molar-refractivity contribution in [2.75, 3.05) is 32.2 Å². The number of methoxy groups -OCH3 is 2. The summed E-state index contributed by atoms with van der Waals surface area (Å²) < 4.78 is 9.24. The van der Waals surface area contributed by atoms with Gasteiger partial charge in [-0.25, -0.2) is 0 Å². The molecule has 1 aromatic heterocycles. The number of hydrogen-bond donors (Lipinski definition) is 0. The summed E-state index contributed by atoms with van der Waals surface area (Å²) >= 11 is 0. The second kappa shape index (κ2) is 7.24. The fourth-order valence-corrected chi connectivity index (χ4v) is 1.86. The predicted molar refractivity (Wildman–Crippen MR) is 74.7 cm³/mol. The molecule has 0 atom stereocenters. The van der Waals surface area contributed by atoms with Gasteiger partial charge in [-0.1, -0.05) is 0 Å². The van der Waals surface area contributed by atoms with Gasteiger partial charge in [0.15, 0.2) is 0 Å². The number of aryl methyl sites for hydroxylation is 2. The van der Waals surface area contributed by atoms with Crippen molar-refractivity contribution in [3.05, 3.63) is 23.0 Å². The van der Waals surface area contributed by atoms with Crippen molar-refractivity contribution in [1.82, 2.24) is 4.98 Å². The smallest absolute Gasteiger partial charge is 0.325 e. The average Bonchev–Trinajstić information content (AvgIpc) is 2.45. The highest BCUT2D eigenvalue weighted by Gasteiger charge is 2.20. The number of ether oxygens (including phenoxy) is 2. The third-order valence-electron chi connectivity index (χ3n) is 2.86. The normalized spacial score (nSPS) is 9.67. The molecule has 0 fully saturated rings. The van der Waals surface area contributed by atoms with Crippen molar-refractivity contribution < 1.29 is 19.1 Å². The Morgan fingerprint density at radius 2 is 1.76 bits per heavy atom. The lowest BCUT2D eigenvalue weighted by Gasteiger charge is -2.24. The largest absolute Gasteiger partial charge is 0.468 e. The number of carbonyl (C=O) groups excluding carboxylic acids is 2. The van der Waals surface area contributed by atoms with Crippen molar-refractivity contribution >= 4 is 17.6 Å². The van der Waals surface area contributed by atoms with Crippen LogP contribution in [-0.4, -0.2) is 44.2 Å². The monoisotopic (exact) mass is 291 g/mol. The van der Waals surface area contributed by atoms with E-state index in [1.54, 1.807) is 19.9 Å². The van der Waals surface area contributed by atoms with E-state index < -0.39 is 11.9 Å². The Bertz CT molecular complexity index is 575. The highest BCUT2D eigenvalue weighted by atomic mass is 16.5. The standard InChI is InChI=1S/C14H17N3O4/c1-9-5-12(11(6-15)10(2)16-9)17(7-13(18)20-3)8-14(19)21-4/h5H,7-8H2,1-4H3. The summed E-state index contributed by atoms with van der Waals surface area (Å²) in [6, 6.07) is 3.70. The van der Waals surface area contributed by atoms with Crippen molar-refractivity contribution in [3.8, 4) is 6.07 Å². The first kappa shape index (κ1) is 16.4. The minimum atomic E-state index is -0.519. The van der Waals surface area contributed by atoms with Crippen molar-refractivity contribution in [1.29, 1.82) is 5.26 Å². The molecule has 7 heteroatoms. The van der Waals surface area contributed by atoms with Gasteiger partial charge in [-0.15, -0.1) is 0 Å². The lowest BCUT2D eigenvalue weighted by molar-refractivity contribution is -0.140. The lowest BCUT2D eigenvalue weighted by Crippen LogP contribution is -2.36.